The second-order valence-electron chi connectivity index (χ2n) is 7.17. The van der Waals surface area contributed by atoms with E-state index in [4.69, 9.17) is 9.47 Å². The third-order valence-corrected chi connectivity index (χ3v) is 4.94. The lowest BCUT2D eigenvalue weighted by Crippen LogP contribution is -2.13. The highest BCUT2D eigenvalue weighted by molar-refractivity contribution is 6.09. The zero-order valence-corrected chi connectivity index (χ0v) is 18.8. The lowest BCUT2D eigenvalue weighted by molar-refractivity contribution is -0.112. The van der Waals surface area contributed by atoms with E-state index < -0.39 is 5.91 Å². The fraction of sp³-hybridized carbons (Fsp3) is 0.231. The maximum Gasteiger partial charge on any atom is 0.266 e. The zero-order chi connectivity index (χ0) is 23.1. The van der Waals surface area contributed by atoms with Crippen molar-refractivity contribution in [2.75, 3.05) is 18.5 Å². The van der Waals surface area contributed by atoms with Gasteiger partial charge in [0, 0.05) is 28.8 Å². The molecule has 1 heterocycles. The highest BCUT2D eigenvalue weighted by Crippen LogP contribution is 2.25. The number of benzene rings is 2. The van der Waals surface area contributed by atoms with Crippen molar-refractivity contribution in [3.8, 4) is 23.3 Å². The highest BCUT2D eigenvalue weighted by Gasteiger charge is 2.14. The lowest BCUT2D eigenvalue weighted by atomic mass is 10.1. The van der Waals surface area contributed by atoms with Crippen LogP contribution in [0, 0.1) is 25.2 Å². The van der Waals surface area contributed by atoms with E-state index >= 15 is 0 Å². The first-order valence-corrected chi connectivity index (χ1v) is 10.5. The Morgan fingerprint density at radius 1 is 1.03 bits per heavy atom. The normalized spacial score (nSPS) is 11.0. The van der Waals surface area contributed by atoms with Crippen molar-refractivity contribution in [1.29, 1.82) is 5.26 Å². The summed E-state index contributed by atoms with van der Waals surface area (Å²) in [5, 5.41) is 12.4. The first-order chi connectivity index (χ1) is 15.5. The molecule has 2 aromatic carbocycles. The number of rotatable bonds is 8. The molecule has 0 radical (unpaired) electrons. The molecule has 0 aliphatic carbocycles. The van der Waals surface area contributed by atoms with E-state index in [0.717, 1.165) is 28.4 Å². The monoisotopic (exact) mass is 429 g/mol. The van der Waals surface area contributed by atoms with Gasteiger partial charge < -0.3 is 19.4 Å². The van der Waals surface area contributed by atoms with Gasteiger partial charge in [-0.2, -0.15) is 5.26 Å². The SMILES string of the molecule is CCOc1ccc(-n2c(C)cc(/C=C(/C#N)C(=O)Nc3cccc(OCC)c3)c2C)cc1. The van der Waals surface area contributed by atoms with Gasteiger partial charge in [0.15, 0.2) is 0 Å². The van der Waals surface area contributed by atoms with Gasteiger partial charge >= 0.3 is 0 Å². The number of aromatic nitrogens is 1. The van der Waals surface area contributed by atoms with Crippen LogP contribution >= 0.6 is 0 Å². The molecule has 1 amide bonds. The van der Waals surface area contributed by atoms with Crippen LogP contribution in [-0.2, 0) is 4.79 Å². The minimum atomic E-state index is -0.466. The Bertz CT molecular complexity index is 1170. The molecular formula is C26H27N3O3. The zero-order valence-electron chi connectivity index (χ0n) is 18.8. The molecule has 6 nitrogen and oxygen atoms in total. The van der Waals surface area contributed by atoms with Crippen LogP contribution in [0.5, 0.6) is 11.5 Å². The lowest BCUT2D eigenvalue weighted by Gasteiger charge is -2.11. The largest absolute Gasteiger partial charge is 0.494 e. The predicted octanol–water partition coefficient (Wildman–Crippen LogP) is 5.44. The van der Waals surface area contributed by atoms with Gasteiger partial charge in [-0.15, -0.1) is 0 Å². The molecule has 6 heteroatoms. The number of nitrogens with one attached hydrogen (secondary N) is 1. The van der Waals surface area contributed by atoms with Crippen LogP contribution in [-0.4, -0.2) is 23.7 Å². The molecule has 0 aliphatic heterocycles. The molecule has 3 rings (SSSR count). The average molecular weight is 430 g/mol. The Morgan fingerprint density at radius 3 is 2.38 bits per heavy atom. The summed E-state index contributed by atoms with van der Waals surface area (Å²) >= 11 is 0. The van der Waals surface area contributed by atoms with Crippen LogP contribution in [0.2, 0.25) is 0 Å². The Hall–Kier alpha value is -3.98. The van der Waals surface area contributed by atoms with Crippen LogP contribution in [0.1, 0.15) is 30.8 Å². The Kier molecular flexibility index (Phi) is 7.35. The molecule has 0 fully saturated rings. The van der Waals surface area contributed by atoms with E-state index in [2.05, 4.69) is 9.88 Å². The first-order valence-electron chi connectivity index (χ1n) is 10.5. The van der Waals surface area contributed by atoms with Gasteiger partial charge in [0.2, 0.25) is 0 Å². The Balaban J connectivity index is 1.86. The number of anilines is 1. The third-order valence-electron chi connectivity index (χ3n) is 4.94. The number of aryl methyl sites for hydroxylation is 1. The van der Waals surface area contributed by atoms with Gasteiger partial charge in [0.1, 0.15) is 23.1 Å². The smallest absolute Gasteiger partial charge is 0.266 e. The number of hydrogen-bond acceptors (Lipinski definition) is 4. The van der Waals surface area contributed by atoms with E-state index in [9.17, 15) is 10.1 Å². The average Bonchev–Trinajstić information content (AvgIpc) is 3.06. The van der Waals surface area contributed by atoms with Gasteiger partial charge in [0.05, 0.1) is 13.2 Å². The Morgan fingerprint density at radius 2 is 1.72 bits per heavy atom. The van der Waals surface area contributed by atoms with Gasteiger partial charge in [0.25, 0.3) is 5.91 Å². The molecule has 0 atom stereocenters. The molecule has 1 N–H and O–H groups in total. The van der Waals surface area contributed by atoms with E-state index in [-0.39, 0.29) is 5.57 Å². The van der Waals surface area contributed by atoms with Crippen LogP contribution in [0.3, 0.4) is 0 Å². The van der Waals surface area contributed by atoms with E-state index in [1.165, 1.54) is 0 Å². The summed E-state index contributed by atoms with van der Waals surface area (Å²) in [6.45, 7) is 8.95. The van der Waals surface area contributed by atoms with Gasteiger partial charge in [-0.3, -0.25) is 4.79 Å². The predicted molar refractivity (Wildman–Crippen MR) is 126 cm³/mol. The van der Waals surface area contributed by atoms with Crippen molar-refractivity contribution in [3.63, 3.8) is 0 Å². The minimum Gasteiger partial charge on any atom is -0.494 e. The van der Waals surface area contributed by atoms with Gasteiger partial charge in [-0.1, -0.05) is 6.07 Å². The maximum atomic E-state index is 12.7. The number of ether oxygens (including phenoxy) is 2. The number of carbonyl (C=O) groups excluding carboxylic acids is 1. The molecule has 0 saturated carbocycles. The second-order valence-corrected chi connectivity index (χ2v) is 7.17. The summed E-state index contributed by atoms with van der Waals surface area (Å²) in [7, 11) is 0. The quantitative estimate of drug-likeness (QED) is 0.382. The van der Waals surface area contributed by atoms with Crippen molar-refractivity contribution in [2.45, 2.75) is 27.7 Å². The molecule has 32 heavy (non-hydrogen) atoms. The molecule has 0 aliphatic rings. The second kappa shape index (κ2) is 10.4. The van der Waals surface area contributed by atoms with Crippen LogP contribution in [0.25, 0.3) is 11.8 Å². The number of hydrogen-bond donors (Lipinski definition) is 1. The molecular weight excluding hydrogens is 402 g/mol. The van der Waals surface area contributed by atoms with Crippen molar-refractivity contribution in [2.24, 2.45) is 0 Å². The van der Waals surface area contributed by atoms with Gasteiger partial charge in [-0.25, -0.2) is 0 Å². The first kappa shape index (κ1) is 22.7. The van der Waals surface area contributed by atoms with Crippen molar-refractivity contribution in [1.82, 2.24) is 4.57 Å². The minimum absolute atomic E-state index is 0.0266. The maximum absolute atomic E-state index is 12.7. The fourth-order valence-corrected chi connectivity index (χ4v) is 3.52. The highest BCUT2D eigenvalue weighted by atomic mass is 16.5. The van der Waals surface area contributed by atoms with Crippen molar-refractivity contribution in [3.05, 3.63) is 77.1 Å². The third kappa shape index (κ3) is 5.19. The molecule has 3 aromatic rings. The summed E-state index contributed by atoms with van der Waals surface area (Å²) in [6.07, 6.45) is 1.62. The van der Waals surface area contributed by atoms with E-state index in [1.807, 2.05) is 70.2 Å². The van der Waals surface area contributed by atoms with Crippen LogP contribution in [0.15, 0.2) is 60.2 Å². The number of amides is 1. The number of nitrogens with zero attached hydrogens (tertiary/aromatic N) is 2. The van der Waals surface area contributed by atoms with E-state index in [1.54, 1.807) is 24.3 Å². The van der Waals surface area contributed by atoms with Gasteiger partial charge in [-0.05, 0) is 81.8 Å². The summed E-state index contributed by atoms with van der Waals surface area (Å²) in [5.41, 5.74) is 4.33. The standard InChI is InChI=1S/C26H27N3O3/c1-5-31-24-12-10-23(11-13-24)29-18(3)14-20(19(29)4)15-21(17-27)26(30)28-22-8-7-9-25(16-22)32-6-2/h7-16H,5-6H2,1-4H3,(H,28,30)/b21-15-. The molecule has 0 spiro atoms. The molecule has 0 bridgehead atoms. The van der Waals surface area contributed by atoms with Crippen LogP contribution < -0.4 is 14.8 Å². The van der Waals surface area contributed by atoms with Crippen LogP contribution in [0.4, 0.5) is 5.69 Å². The fourth-order valence-electron chi connectivity index (χ4n) is 3.52. The van der Waals surface area contributed by atoms with Crippen molar-refractivity contribution >= 4 is 17.7 Å². The summed E-state index contributed by atoms with van der Waals surface area (Å²) in [6, 6.07) is 18.9. The molecule has 164 valence electrons. The van der Waals surface area contributed by atoms with E-state index in [0.29, 0.717) is 24.7 Å². The number of nitriles is 1. The molecule has 1 aromatic heterocycles. The summed E-state index contributed by atoms with van der Waals surface area (Å²) in [4.78, 5) is 12.7. The summed E-state index contributed by atoms with van der Waals surface area (Å²) in [5.74, 6) is 1.01. The number of carbonyl (C=O) groups is 1. The molecule has 0 unspecified atom stereocenters. The van der Waals surface area contributed by atoms with Crippen molar-refractivity contribution < 1.29 is 14.3 Å². The topological polar surface area (TPSA) is 76.3 Å². The molecule has 0 saturated heterocycles. The summed E-state index contributed by atoms with van der Waals surface area (Å²) < 4.78 is 13.1. The Labute approximate surface area is 188 Å².